The predicted octanol–water partition coefficient (Wildman–Crippen LogP) is 2.50. The zero-order valence-corrected chi connectivity index (χ0v) is 17.3. The SMILES string of the molecule is COC[C@H](C)Nc1ncc2c(OC3CCOCC3)ncc([C@@H]3CCCNC3)c2n1. The fourth-order valence-corrected chi connectivity index (χ4v) is 4.06. The molecule has 4 heterocycles. The number of fused-ring (bicyclic) bond motifs is 1. The molecule has 0 bridgehead atoms. The van der Waals surface area contributed by atoms with Crippen LogP contribution in [-0.4, -0.2) is 67.1 Å². The number of pyridine rings is 1. The van der Waals surface area contributed by atoms with Crippen molar-refractivity contribution in [2.24, 2.45) is 0 Å². The van der Waals surface area contributed by atoms with Gasteiger partial charge in [0.25, 0.3) is 0 Å². The number of hydrogen-bond acceptors (Lipinski definition) is 8. The third kappa shape index (κ3) is 4.94. The molecule has 0 saturated carbocycles. The Morgan fingerprint density at radius 1 is 1.24 bits per heavy atom. The lowest BCUT2D eigenvalue weighted by molar-refractivity contribution is 0.0244. The topological polar surface area (TPSA) is 90.4 Å². The van der Waals surface area contributed by atoms with Crippen LogP contribution in [0.1, 0.15) is 44.1 Å². The van der Waals surface area contributed by atoms with Crippen molar-refractivity contribution in [1.29, 1.82) is 0 Å². The van der Waals surface area contributed by atoms with E-state index in [1.807, 2.05) is 12.4 Å². The van der Waals surface area contributed by atoms with Crippen LogP contribution in [0, 0.1) is 0 Å². The molecule has 0 unspecified atom stereocenters. The monoisotopic (exact) mass is 401 g/mol. The first-order valence-corrected chi connectivity index (χ1v) is 10.6. The molecule has 0 aliphatic carbocycles. The maximum absolute atomic E-state index is 6.24. The van der Waals surface area contributed by atoms with E-state index in [-0.39, 0.29) is 12.1 Å². The molecule has 8 heteroatoms. The van der Waals surface area contributed by atoms with Crippen molar-refractivity contribution in [3.05, 3.63) is 18.0 Å². The molecular formula is C21H31N5O3. The Kier molecular flexibility index (Phi) is 6.74. The van der Waals surface area contributed by atoms with Gasteiger partial charge in [0.1, 0.15) is 6.10 Å². The number of nitrogens with zero attached hydrogens (tertiary/aromatic N) is 3. The van der Waals surface area contributed by atoms with Gasteiger partial charge >= 0.3 is 0 Å². The largest absolute Gasteiger partial charge is 0.474 e. The highest BCUT2D eigenvalue weighted by Gasteiger charge is 2.23. The number of aromatic nitrogens is 3. The first kappa shape index (κ1) is 20.3. The quantitative estimate of drug-likeness (QED) is 0.731. The van der Waals surface area contributed by atoms with Gasteiger partial charge in [-0.15, -0.1) is 0 Å². The standard InChI is InChI=1S/C21H31N5O3/c1-14(13-27-2)25-21-24-12-18-19(26-21)17(15-4-3-7-22-10-15)11-23-20(18)29-16-5-8-28-9-6-16/h11-12,14-16,22H,3-10,13H2,1-2H3,(H,24,25,26)/t14-,15+/m0/s1. The summed E-state index contributed by atoms with van der Waals surface area (Å²) in [5.41, 5.74) is 2.09. The van der Waals surface area contributed by atoms with Crippen molar-refractivity contribution < 1.29 is 14.2 Å². The summed E-state index contributed by atoms with van der Waals surface area (Å²) in [7, 11) is 1.69. The Morgan fingerprint density at radius 2 is 2.10 bits per heavy atom. The van der Waals surface area contributed by atoms with Crippen molar-refractivity contribution in [2.45, 2.75) is 50.7 Å². The molecule has 29 heavy (non-hydrogen) atoms. The Morgan fingerprint density at radius 3 is 2.86 bits per heavy atom. The number of ether oxygens (including phenoxy) is 3. The molecule has 8 nitrogen and oxygen atoms in total. The molecule has 2 N–H and O–H groups in total. The molecule has 2 aromatic heterocycles. The molecule has 2 fully saturated rings. The predicted molar refractivity (Wildman–Crippen MR) is 112 cm³/mol. The van der Waals surface area contributed by atoms with E-state index in [4.69, 9.17) is 19.2 Å². The van der Waals surface area contributed by atoms with E-state index >= 15 is 0 Å². The van der Waals surface area contributed by atoms with Crippen LogP contribution in [0.15, 0.2) is 12.4 Å². The van der Waals surface area contributed by atoms with Crippen molar-refractivity contribution in [3.8, 4) is 5.88 Å². The van der Waals surface area contributed by atoms with E-state index in [0.29, 0.717) is 24.4 Å². The molecule has 0 amide bonds. The summed E-state index contributed by atoms with van der Waals surface area (Å²) in [5, 5.41) is 7.70. The summed E-state index contributed by atoms with van der Waals surface area (Å²) < 4.78 is 16.9. The van der Waals surface area contributed by atoms with Crippen molar-refractivity contribution >= 4 is 16.9 Å². The summed E-state index contributed by atoms with van der Waals surface area (Å²) in [6.07, 6.45) is 7.97. The highest BCUT2D eigenvalue weighted by molar-refractivity contribution is 5.86. The second kappa shape index (κ2) is 9.65. The molecule has 0 spiro atoms. The summed E-state index contributed by atoms with van der Waals surface area (Å²) in [4.78, 5) is 14.1. The second-order valence-electron chi connectivity index (χ2n) is 7.95. The Hall–Kier alpha value is -2.03. The van der Waals surface area contributed by atoms with E-state index in [2.05, 4.69) is 27.5 Å². The van der Waals surface area contributed by atoms with Gasteiger partial charge < -0.3 is 24.8 Å². The maximum Gasteiger partial charge on any atom is 0.224 e. The van der Waals surface area contributed by atoms with E-state index in [1.54, 1.807) is 7.11 Å². The molecule has 0 aromatic carbocycles. The lowest BCUT2D eigenvalue weighted by Gasteiger charge is -2.26. The van der Waals surface area contributed by atoms with Crippen molar-refractivity contribution in [3.63, 3.8) is 0 Å². The highest BCUT2D eigenvalue weighted by atomic mass is 16.5. The van der Waals surface area contributed by atoms with Gasteiger partial charge in [-0.3, -0.25) is 0 Å². The van der Waals surface area contributed by atoms with Crippen LogP contribution >= 0.6 is 0 Å². The number of piperidine rings is 1. The first-order chi connectivity index (χ1) is 14.2. The van der Waals surface area contributed by atoms with Crippen LogP contribution in [0.2, 0.25) is 0 Å². The average molecular weight is 402 g/mol. The van der Waals surface area contributed by atoms with Crippen LogP contribution in [0.4, 0.5) is 5.95 Å². The number of anilines is 1. The molecule has 158 valence electrons. The minimum Gasteiger partial charge on any atom is -0.474 e. The van der Waals surface area contributed by atoms with Gasteiger partial charge in [-0.2, -0.15) is 0 Å². The lowest BCUT2D eigenvalue weighted by atomic mass is 9.91. The molecule has 2 aliphatic rings. The Balaban J connectivity index is 1.67. The molecule has 2 saturated heterocycles. The summed E-state index contributed by atoms with van der Waals surface area (Å²) >= 11 is 0. The molecule has 0 radical (unpaired) electrons. The van der Waals surface area contributed by atoms with Gasteiger partial charge in [0.15, 0.2) is 0 Å². The summed E-state index contributed by atoms with van der Waals surface area (Å²) in [6.45, 7) is 6.13. The number of nitrogens with one attached hydrogen (secondary N) is 2. The van der Waals surface area contributed by atoms with Gasteiger partial charge in [-0.1, -0.05) is 0 Å². The fraction of sp³-hybridized carbons (Fsp3) is 0.667. The Labute approximate surface area is 171 Å². The summed E-state index contributed by atoms with van der Waals surface area (Å²) in [5.74, 6) is 1.63. The highest BCUT2D eigenvalue weighted by Crippen LogP contribution is 2.33. The van der Waals surface area contributed by atoms with E-state index in [9.17, 15) is 0 Å². The molecule has 4 rings (SSSR count). The normalized spacial score (nSPS) is 21.8. The van der Waals surface area contributed by atoms with E-state index in [0.717, 1.165) is 68.5 Å². The van der Waals surface area contributed by atoms with Crippen LogP contribution in [-0.2, 0) is 9.47 Å². The zero-order chi connectivity index (χ0) is 20.1. The molecule has 2 aliphatic heterocycles. The van der Waals surface area contributed by atoms with Crippen molar-refractivity contribution in [2.75, 3.05) is 45.3 Å². The molecule has 2 atom stereocenters. The Bertz CT molecular complexity index is 806. The van der Waals surface area contributed by atoms with E-state index < -0.39 is 0 Å². The second-order valence-corrected chi connectivity index (χ2v) is 7.95. The van der Waals surface area contributed by atoms with Gasteiger partial charge in [0.2, 0.25) is 11.8 Å². The molecular weight excluding hydrogens is 370 g/mol. The number of rotatable bonds is 7. The minimum atomic E-state index is 0.122. The molecule has 2 aromatic rings. The number of methoxy groups -OCH3 is 1. The van der Waals surface area contributed by atoms with Crippen LogP contribution in [0.3, 0.4) is 0 Å². The van der Waals surface area contributed by atoms with Crippen LogP contribution in [0.5, 0.6) is 5.88 Å². The average Bonchev–Trinajstić information content (AvgIpc) is 2.75. The first-order valence-electron chi connectivity index (χ1n) is 10.6. The van der Waals surface area contributed by atoms with Crippen LogP contribution < -0.4 is 15.4 Å². The van der Waals surface area contributed by atoms with Gasteiger partial charge in [0.05, 0.1) is 30.7 Å². The summed E-state index contributed by atoms with van der Waals surface area (Å²) in [6, 6.07) is 0.122. The maximum atomic E-state index is 6.24. The number of hydrogen-bond donors (Lipinski definition) is 2. The van der Waals surface area contributed by atoms with Crippen molar-refractivity contribution in [1.82, 2.24) is 20.3 Å². The van der Waals surface area contributed by atoms with Gasteiger partial charge in [0, 0.05) is 56.4 Å². The smallest absolute Gasteiger partial charge is 0.224 e. The zero-order valence-electron chi connectivity index (χ0n) is 17.3. The van der Waals surface area contributed by atoms with E-state index in [1.165, 1.54) is 0 Å². The fourth-order valence-electron chi connectivity index (χ4n) is 4.06. The van der Waals surface area contributed by atoms with Gasteiger partial charge in [-0.05, 0) is 26.3 Å². The van der Waals surface area contributed by atoms with Gasteiger partial charge in [-0.25, -0.2) is 15.0 Å². The third-order valence-corrected chi connectivity index (χ3v) is 5.59. The van der Waals surface area contributed by atoms with Crippen LogP contribution in [0.25, 0.3) is 10.9 Å². The third-order valence-electron chi connectivity index (χ3n) is 5.59. The lowest BCUT2D eigenvalue weighted by Crippen LogP contribution is -2.29. The minimum absolute atomic E-state index is 0.122.